The fourth-order valence-corrected chi connectivity index (χ4v) is 3.98. The van der Waals surface area contributed by atoms with Crippen LogP contribution in [-0.2, 0) is 30.4 Å². The number of carbonyl (C=O) groups excluding carboxylic acids is 4. The smallest absolute Gasteiger partial charge is 0.328 e. The minimum atomic E-state index is -1.63. The van der Waals surface area contributed by atoms with Gasteiger partial charge < -0.3 is 42.6 Å². The molecule has 2 rings (SSSR count). The van der Waals surface area contributed by atoms with Gasteiger partial charge in [0, 0.05) is 29.9 Å². The van der Waals surface area contributed by atoms with Crippen LogP contribution in [0, 0.1) is 5.92 Å². The van der Waals surface area contributed by atoms with Gasteiger partial charge in [-0.1, -0.05) is 38.5 Å². The number of H-pyrrole nitrogens is 1. The normalized spacial score (nSPS) is 15.8. The number of aliphatic hydroxyl groups is 1. The Hall–Kier alpha value is -3.97. The molecule has 0 radical (unpaired) electrons. The number of aliphatic carboxylic acids is 1. The molecule has 0 aliphatic rings. The van der Waals surface area contributed by atoms with Crippen molar-refractivity contribution in [3.05, 3.63) is 36.0 Å². The maximum atomic E-state index is 13.3. The van der Waals surface area contributed by atoms with Crippen LogP contribution in [0.1, 0.15) is 45.6 Å². The van der Waals surface area contributed by atoms with Crippen molar-refractivity contribution in [3.63, 3.8) is 0 Å². The Morgan fingerprint density at radius 2 is 1.59 bits per heavy atom. The highest BCUT2D eigenvalue weighted by atomic mass is 16.4. The van der Waals surface area contributed by atoms with Crippen LogP contribution >= 0.6 is 0 Å². The van der Waals surface area contributed by atoms with E-state index in [-0.39, 0.29) is 25.2 Å². The third-order valence-corrected chi connectivity index (χ3v) is 6.65. The Kier molecular flexibility index (Phi) is 11.4. The molecule has 13 nitrogen and oxygen atoms in total. The Labute approximate surface area is 226 Å². The van der Waals surface area contributed by atoms with Gasteiger partial charge in [0.1, 0.15) is 12.1 Å². The van der Waals surface area contributed by atoms with Crippen molar-refractivity contribution in [2.24, 2.45) is 17.4 Å². The number of fused-ring (bicyclic) bond motifs is 1. The summed E-state index contributed by atoms with van der Waals surface area (Å²) in [4.78, 5) is 65.3. The number of carbonyl (C=O) groups is 5. The molecular weight excluding hydrogens is 508 g/mol. The number of primary amides is 1. The summed E-state index contributed by atoms with van der Waals surface area (Å²) < 4.78 is 0. The van der Waals surface area contributed by atoms with Crippen LogP contribution < -0.4 is 27.4 Å². The fourth-order valence-electron chi connectivity index (χ4n) is 3.98. The molecule has 39 heavy (non-hydrogen) atoms. The molecule has 4 amide bonds. The number of hydrogen-bond acceptors (Lipinski definition) is 7. The van der Waals surface area contributed by atoms with E-state index >= 15 is 0 Å². The van der Waals surface area contributed by atoms with Gasteiger partial charge in [0.25, 0.3) is 0 Å². The van der Waals surface area contributed by atoms with Crippen molar-refractivity contribution in [2.45, 2.75) is 76.7 Å². The highest BCUT2D eigenvalue weighted by Gasteiger charge is 2.33. The van der Waals surface area contributed by atoms with Crippen LogP contribution in [0.5, 0.6) is 0 Å². The number of carboxylic acids is 1. The number of aromatic nitrogens is 1. The zero-order chi connectivity index (χ0) is 29.3. The van der Waals surface area contributed by atoms with Gasteiger partial charge in [0.05, 0.1) is 12.1 Å². The molecule has 1 aromatic carbocycles. The summed E-state index contributed by atoms with van der Waals surface area (Å²) >= 11 is 0. The standard InChI is InChI=1S/C26H38N6O7/c1-4-13(2)21(28)25(37)30-18(9-10-20(27)34)23(35)31-19(24(36)32-22(14(3)33)26(38)39)11-15-12-29-17-8-6-5-7-16(15)17/h5-8,12-14,18-19,21-22,29,33H,4,9-11,28H2,1-3H3,(H2,27,34)(H,30,37)(H,31,35)(H,32,36)(H,38,39). The van der Waals surface area contributed by atoms with Crippen molar-refractivity contribution >= 4 is 40.5 Å². The van der Waals surface area contributed by atoms with Gasteiger partial charge >= 0.3 is 5.97 Å². The highest BCUT2D eigenvalue weighted by molar-refractivity contribution is 5.95. The Morgan fingerprint density at radius 3 is 2.18 bits per heavy atom. The molecule has 6 atom stereocenters. The lowest BCUT2D eigenvalue weighted by atomic mass is 9.98. The van der Waals surface area contributed by atoms with Crippen LogP contribution in [0.15, 0.2) is 30.5 Å². The largest absolute Gasteiger partial charge is 0.480 e. The topological polar surface area (TPSA) is 230 Å². The van der Waals surface area contributed by atoms with E-state index < -0.39 is 59.9 Å². The summed E-state index contributed by atoms with van der Waals surface area (Å²) in [6.07, 6.45) is 0.453. The molecule has 1 aromatic heterocycles. The summed E-state index contributed by atoms with van der Waals surface area (Å²) in [6.45, 7) is 4.86. The van der Waals surface area contributed by atoms with Gasteiger partial charge in [0.15, 0.2) is 6.04 Å². The Morgan fingerprint density at radius 1 is 0.974 bits per heavy atom. The number of aromatic amines is 1. The van der Waals surface area contributed by atoms with Crippen LogP contribution in [0.25, 0.3) is 10.9 Å². The lowest BCUT2D eigenvalue weighted by molar-refractivity contribution is -0.145. The summed E-state index contributed by atoms with van der Waals surface area (Å²) in [6, 6.07) is 2.20. The quantitative estimate of drug-likeness (QED) is 0.142. The molecule has 10 N–H and O–H groups in total. The van der Waals surface area contributed by atoms with E-state index in [0.717, 1.165) is 10.9 Å². The van der Waals surface area contributed by atoms with E-state index in [1.165, 1.54) is 6.92 Å². The number of para-hydroxylation sites is 1. The molecule has 0 fully saturated rings. The zero-order valence-corrected chi connectivity index (χ0v) is 22.3. The maximum Gasteiger partial charge on any atom is 0.328 e. The first-order valence-electron chi connectivity index (χ1n) is 12.8. The molecule has 2 aromatic rings. The molecule has 0 saturated carbocycles. The van der Waals surface area contributed by atoms with Crippen LogP contribution in [-0.4, -0.2) is 75.1 Å². The molecule has 0 aliphatic heterocycles. The molecule has 0 spiro atoms. The average molecular weight is 547 g/mol. The number of rotatable bonds is 15. The van der Waals surface area contributed by atoms with Gasteiger partial charge in [-0.3, -0.25) is 19.2 Å². The summed E-state index contributed by atoms with van der Waals surface area (Å²) in [5.74, 6) is -4.59. The van der Waals surface area contributed by atoms with E-state index in [1.807, 2.05) is 25.1 Å². The SMILES string of the molecule is CCC(C)C(N)C(=O)NC(CCC(N)=O)C(=O)NC(Cc1c[nH]c2ccccc12)C(=O)NC(C(=O)O)C(C)O. The first-order chi connectivity index (χ1) is 18.3. The average Bonchev–Trinajstić information content (AvgIpc) is 3.30. The van der Waals surface area contributed by atoms with E-state index in [9.17, 15) is 34.2 Å². The zero-order valence-electron chi connectivity index (χ0n) is 22.3. The molecule has 214 valence electrons. The molecule has 0 bridgehead atoms. The molecule has 0 saturated heterocycles. The van der Waals surface area contributed by atoms with Gasteiger partial charge in [-0.2, -0.15) is 0 Å². The van der Waals surface area contributed by atoms with Crippen LogP contribution in [0.4, 0.5) is 0 Å². The van der Waals surface area contributed by atoms with E-state index in [0.29, 0.717) is 12.0 Å². The van der Waals surface area contributed by atoms with Crippen molar-refractivity contribution in [2.75, 3.05) is 0 Å². The number of nitrogens with one attached hydrogen (secondary N) is 4. The monoisotopic (exact) mass is 546 g/mol. The van der Waals surface area contributed by atoms with Gasteiger partial charge in [-0.15, -0.1) is 0 Å². The first kappa shape index (κ1) is 31.2. The minimum absolute atomic E-state index is 0.0450. The second-order valence-electron chi connectivity index (χ2n) is 9.67. The Balaban J connectivity index is 2.34. The summed E-state index contributed by atoms with van der Waals surface area (Å²) in [5, 5.41) is 27.4. The van der Waals surface area contributed by atoms with E-state index in [2.05, 4.69) is 20.9 Å². The van der Waals surface area contributed by atoms with Crippen LogP contribution in [0.2, 0.25) is 0 Å². The second kappa shape index (κ2) is 14.3. The maximum absolute atomic E-state index is 13.3. The molecular formula is C26H38N6O7. The number of benzene rings is 1. The first-order valence-corrected chi connectivity index (χ1v) is 12.8. The lowest BCUT2D eigenvalue weighted by Gasteiger charge is -2.26. The number of amides is 4. The van der Waals surface area contributed by atoms with Crippen molar-refractivity contribution in [3.8, 4) is 0 Å². The fraction of sp³-hybridized carbons (Fsp3) is 0.500. The van der Waals surface area contributed by atoms with Crippen molar-refractivity contribution < 1.29 is 34.2 Å². The van der Waals surface area contributed by atoms with Crippen LogP contribution in [0.3, 0.4) is 0 Å². The highest BCUT2D eigenvalue weighted by Crippen LogP contribution is 2.19. The predicted molar refractivity (Wildman–Crippen MR) is 143 cm³/mol. The summed E-state index contributed by atoms with van der Waals surface area (Å²) in [5.41, 5.74) is 12.7. The van der Waals surface area contributed by atoms with E-state index in [1.54, 1.807) is 19.2 Å². The third-order valence-electron chi connectivity index (χ3n) is 6.65. The summed E-state index contributed by atoms with van der Waals surface area (Å²) in [7, 11) is 0. The minimum Gasteiger partial charge on any atom is -0.480 e. The molecule has 0 aliphatic carbocycles. The number of hydrogen-bond donors (Lipinski definition) is 8. The number of nitrogens with two attached hydrogens (primary N) is 2. The Bertz CT molecular complexity index is 1180. The predicted octanol–water partition coefficient (Wildman–Crippen LogP) is -0.731. The van der Waals surface area contributed by atoms with Crippen molar-refractivity contribution in [1.82, 2.24) is 20.9 Å². The lowest BCUT2D eigenvalue weighted by Crippen LogP contribution is -2.59. The van der Waals surface area contributed by atoms with Crippen molar-refractivity contribution in [1.29, 1.82) is 0 Å². The third kappa shape index (κ3) is 8.79. The van der Waals surface area contributed by atoms with Gasteiger partial charge in [-0.05, 0) is 30.9 Å². The number of aliphatic hydroxyl groups excluding tert-OH is 1. The molecule has 6 unspecified atom stereocenters. The number of carboxylic acid groups (broad SMARTS) is 1. The second-order valence-corrected chi connectivity index (χ2v) is 9.67. The van der Waals surface area contributed by atoms with Gasteiger partial charge in [0.2, 0.25) is 23.6 Å². The molecule has 13 heteroatoms. The molecule has 1 heterocycles. The van der Waals surface area contributed by atoms with Gasteiger partial charge in [-0.25, -0.2) is 4.79 Å². The van der Waals surface area contributed by atoms with E-state index in [4.69, 9.17) is 11.5 Å².